The molecule has 1 N–H and O–H groups in total. The Morgan fingerprint density at radius 3 is 2.57 bits per heavy atom. The molecule has 144 valence electrons. The van der Waals surface area contributed by atoms with Gasteiger partial charge in [-0.05, 0) is 42.3 Å². The van der Waals surface area contributed by atoms with Gasteiger partial charge in [-0.25, -0.2) is 0 Å². The third-order valence-electron chi connectivity index (χ3n) is 4.39. The molecule has 0 saturated carbocycles. The molecule has 1 aromatic carbocycles. The summed E-state index contributed by atoms with van der Waals surface area (Å²) in [6.07, 6.45) is 4.45. The molecule has 7 heteroatoms. The van der Waals surface area contributed by atoms with Crippen molar-refractivity contribution < 1.29 is 9.53 Å². The molecule has 0 aliphatic rings. The summed E-state index contributed by atoms with van der Waals surface area (Å²) in [4.78, 5) is 18.4. The molecule has 0 saturated heterocycles. The van der Waals surface area contributed by atoms with Crippen LogP contribution in [0.15, 0.2) is 60.9 Å². The van der Waals surface area contributed by atoms with Gasteiger partial charge in [0, 0.05) is 38.1 Å². The topological polar surface area (TPSA) is 80.2 Å². The number of hydrogen-bond donors (Lipinski definition) is 1. The number of rotatable bonds is 8. The van der Waals surface area contributed by atoms with E-state index in [0.717, 1.165) is 30.1 Å². The Labute approximate surface area is 164 Å². The number of carbonyl (C=O) groups is 1. The van der Waals surface area contributed by atoms with Crippen LogP contribution in [0.5, 0.6) is 5.75 Å². The van der Waals surface area contributed by atoms with Crippen LogP contribution in [0.2, 0.25) is 0 Å². The molecule has 2 aromatic heterocycles. The number of nitrogens with one attached hydrogen (secondary N) is 1. The largest absolute Gasteiger partial charge is 0.496 e. The Morgan fingerprint density at radius 2 is 1.86 bits per heavy atom. The number of amides is 1. The number of likely N-dealkylation sites (N-methyl/N-ethyl adjacent to an activating group) is 1. The van der Waals surface area contributed by atoms with Gasteiger partial charge in [0.1, 0.15) is 5.75 Å². The summed E-state index contributed by atoms with van der Waals surface area (Å²) >= 11 is 0. The summed E-state index contributed by atoms with van der Waals surface area (Å²) in [5.74, 6) is 1.18. The van der Waals surface area contributed by atoms with Crippen molar-refractivity contribution >= 4 is 11.7 Å². The highest BCUT2D eigenvalue weighted by Gasteiger charge is 2.11. The van der Waals surface area contributed by atoms with Crippen molar-refractivity contribution in [1.29, 1.82) is 0 Å². The monoisotopic (exact) mass is 377 g/mol. The predicted octanol–water partition coefficient (Wildman–Crippen LogP) is 2.49. The number of hydrogen-bond acceptors (Lipinski definition) is 6. The van der Waals surface area contributed by atoms with Gasteiger partial charge in [0.05, 0.1) is 7.11 Å². The molecule has 0 unspecified atom stereocenters. The van der Waals surface area contributed by atoms with Gasteiger partial charge >= 0.3 is 0 Å². The molecule has 3 aromatic rings. The Morgan fingerprint density at radius 1 is 1.07 bits per heavy atom. The number of benzene rings is 1. The van der Waals surface area contributed by atoms with Crippen molar-refractivity contribution in [2.75, 3.05) is 25.6 Å². The maximum Gasteiger partial charge on any atom is 0.272 e. The molecule has 0 bridgehead atoms. The summed E-state index contributed by atoms with van der Waals surface area (Å²) in [6, 6.07) is 15.0. The van der Waals surface area contributed by atoms with Crippen LogP contribution < -0.4 is 15.0 Å². The van der Waals surface area contributed by atoms with Gasteiger partial charge < -0.3 is 15.0 Å². The first kappa shape index (κ1) is 19.3. The van der Waals surface area contributed by atoms with Crippen molar-refractivity contribution in [3.05, 3.63) is 77.7 Å². The van der Waals surface area contributed by atoms with E-state index in [0.29, 0.717) is 6.54 Å². The molecular weight excluding hydrogens is 354 g/mol. The first-order chi connectivity index (χ1) is 13.7. The summed E-state index contributed by atoms with van der Waals surface area (Å²) in [5.41, 5.74) is 2.39. The van der Waals surface area contributed by atoms with Crippen molar-refractivity contribution in [2.24, 2.45) is 0 Å². The van der Waals surface area contributed by atoms with Gasteiger partial charge in [-0.15, -0.1) is 10.2 Å². The van der Waals surface area contributed by atoms with Crippen LogP contribution in [-0.2, 0) is 13.0 Å². The standard InChI is InChI=1S/C21H23N5O2/c1-26(14-11-16-9-12-22-13-10-16)20-8-7-18(24-25-20)21(27)23-15-17-5-3-4-6-19(17)28-2/h3-10,12-13H,11,14-15H2,1-2H3,(H,23,27). The van der Waals surface area contributed by atoms with E-state index in [9.17, 15) is 4.79 Å². The molecule has 0 spiro atoms. The highest BCUT2D eigenvalue weighted by Crippen LogP contribution is 2.17. The number of para-hydroxylation sites is 1. The number of anilines is 1. The van der Waals surface area contributed by atoms with E-state index in [2.05, 4.69) is 20.5 Å². The highest BCUT2D eigenvalue weighted by atomic mass is 16.5. The minimum absolute atomic E-state index is 0.274. The first-order valence-corrected chi connectivity index (χ1v) is 9.01. The first-order valence-electron chi connectivity index (χ1n) is 9.01. The highest BCUT2D eigenvalue weighted by molar-refractivity contribution is 5.92. The maximum absolute atomic E-state index is 12.3. The summed E-state index contributed by atoms with van der Waals surface area (Å²) in [7, 11) is 3.56. The molecule has 28 heavy (non-hydrogen) atoms. The molecule has 1 amide bonds. The molecule has 2 heterocycles. The second-order valence-electron chi connectivity index (χ2n) is 6.30. The minimum atomic E-state index is -0.274. The van der Waals surface area contributed by atoms with E-state index in [4.69, 9.17) is 4.74 Å². The third-order valence-corrected chi connectivity index (χ3v) is 4.39. The van der Waals surface area contributed by atoms with Crippen LogP contribution >= 0.6 is 0 Å². The van der Waals surface area contributed by atoms with E-state index in [1.807, 2.05) is 48.3 Å². The second kappa shape index (κ2) is 9.45. The number of aromatic nitrogens is 3. The molecule has 0 radical (unpaired) electrons. The number of nitrogens with zero attached hydrogens (tertiary/aromatic N) is 4. The van der Waals surface area contributed by atoms with Crippen molar-refractivity contribution in [1.82, 2.24) is 20.5 Å². The fraction of sp³-hybridized carbons (Fsp3) is 0.238. The molecule has 0 atom stereocenters. The molecule has 7 nitrogen and oxygen atoms in total. The fourth-order valence-corrected chi connectivity index (χ4v) is 2.73. The van der Waals surface area contributed by atoms with Gasteiger partial charge in [0.2, 0.25) is 0 Å². The zero-order chi connectivity index (χ0) is 19.8. The van der Waals surface area contributed by atoms with E-state index in [-0.39, 0.29) is 11.6 Å². The summed E-state index contributed by atoms with van der Waals surface area (Å²) in [5, 5.41) is 11.1. The number of pyridine rings is 1. The van der Waals surface area contributed by atoms with Crippen LogP contribution in [0.4, 0.5) is 5.82 Å². The number of methoxy groups -OCH3 is 1. The van der Waals surface area contributed by atoms with Crippen LogP contribution in [0.1, 0.15) is 21.6 Å². The van der Waals surface area contributed by atoms with Gasteiger partial charge in [0.15, 0.2) is 11.5 Å². The number of ether oxygens (including phenoxy) is 1. The van der Waals surface area contributed by atoms with E-state index >= 15 is 0 Å². The zero-order valence-electron chi connectivity index (χ0n) is 16.0. The summed E-state index contributed by atoms with van der Waals surface area (Å²) in [6.45, 7) is 1.15. The SMILES string of the molecule is COc1ccccc1CNC(=O)c1ccc(N(C)CCc2ccncc2)nn1. The normalized spacial score (nSPS) is 10.4. The van der Waals surface area contributed by atoms with Crippen LogP contribution in [0, 0.1) is 0 Å². The number of carbonyl (C=O) groups excluding carboxylic acids is 1. The average Bonchev–Trinajstić information content (AvgIpc) is 2.76. The van der Waals surface area contributed by atoms with E-state index < -0.39 is 0 Å². The molecule has 0 aliphatic heterocycles. The average molecular weight is 377 g/mol. The second-order valence-corrected chi connectivity index (χ2v) is 6.30. The molecule has 0 fully saturated rings. The van der Waals surface area contributed by atoms with Crippen molar-refractivity contribution in [3.8, 4) is 5.75 Å². The summed E-state index contributed by atoms with van der Waals surface area (Å²) < 4.78 is 5.29. The van der Waals surface area contributed by atoms with Crippen LogP contribution in [0.25, 0.3) is 0 Å². The van der Waals surface area contributed by atoms with Crippen LogP contribution in [-0.4, -0.2) is 41.8 Å². The van der Waals surface area contributed by atoms with Gasteiger partial charge in [0.25, 0.3) is 5.91 Å². The Hall–Kier alpha value is -3.48. The lowest BCUT2D eigenvalue weighted by molar-refractivity contribution is 0.0944. The van der Waals surface area contributed by atoms with Gasteiger partial charge in [-0.3, -0.25) is 9.78 Å². The van der Waals surface area contributed by atoms with Crippen molar-refractivity contribution in [3.63, 3.8) is 0 Å². The van der Waals surface area contributed by atoms with E-state index in [1.165, 1.54) is 5.56 Å². The maximum atomic E-state index is 12.3. The zero-order valence-corrected chi connectivity index (χ0v) is 16.0. The van der Waals surface area contributed by atoms with Gasteiger partial charge in [-0.1, -0.05) is 18.2 Å². The van der Waals surface area contributed by atoms with Gasteiger partial charge in [-0.2, -0.15) is 0 Å². The van der Waals surface area contributed by atoms with Crippen molar-refractivity contribution in [2.45, 2.75) is 13.0 Å². The third kappa shape index (κ3) is 5.03. The lowest BCUT2D eigenvalue weighted by Gasteiger charge is -2.17. The fourth-order valence-electron chi connectivity index (χ4n) is 2.73. The Bertz CT molecular complexity index is 900. The van der Waals surface area contributed by atoms with E-state index in [1.54, 1.807) is 31.6 Å². The predicted molar refractivity (Wildman–Crippen MR) is 107 cm³/mol. The Balaban J connectivity index is 1.55. The van der Waals surface area contributed by atoms with Crippen LogP contribution in [0.3, 0.4) is 0 Å². The Kier molecular flexibility index (Phi) is 6.51. The molecule has 3 rings (SSSR count). The lowest BCUT2D eigenvalue weighted by atomic mass is 10.2. The lowest BCUT2D eigenvalue weighted by Crippen LogP contribution is -2.26. The molecule has 0 aliphatic carbocycles. The smallest absolute Gasteiger partial charge is 0.272 e. The molecular formula is C21H23N5O2. The quantitative estimate of drug-likeness (QED) is 0.650. The minimum Gasteiger partial charge on any atom is -0.496 e.